The lowest BCUT2D eigenvalue weighted by atomic mass is 10.4. The zero-order valence-corrected chi connectivity index (χ0v) is 8.65. The Balaban J connectivity index is 3.08. The van der Waals surface area contributed by atoms with E-state index in [1.807, 2.05) is 14.1 Å². The number of nitrogens with one attached hydrogen (secondary N) is 1. The first kappa shape index (κ1) is 10.9. The van der Waals surface area contributed by atoms with Gasteiger partial charge in [0.1, 0.15) is 0 Å². The fourth-order valence-electron chi connectivity index (χ4n) is 0.670. The van der Waals surface area contributed by atoms with Crippen molar-refractivity contribution in [2.45, 2.75) is 6.42 Å². The molecule has 0 aromatic heterocycles. The highest BCUT2D eigenvalue weighted by molar-refractivity contribution is 9.09. The SMILES string of the molecule is CN(C)CCCNC(=O)CBr. The summed E-state index contributed by atoms with van der Waals surface area (Å²) in [4.78, 5) is 12.8. The van der Waals surface area contributed by atoms with E-state index < -0.39 is 0 Å². The van der Waals surface area contributed by atoms with E-state index in [9.17, 15) is 4.79 Å². The highest BCUT2D eigenvalue weighted by Crippen LogP contribution is 1.82. The molecule has 3 nitrogen and oxygen atoms in total. The Labute approximate surface area is 76.3 Å². The van der Waals surface area contributed by atoms with Gasteiger partial charge in [-0.1, -0.05) is 15.9 Å². The van der Waals surface area contributed by atoms with Crippen molar-refractivity contribution in [3.05, 3.63) is 0 Å². The van der Waals surface area contributed by atoms with Gasteiger partial charge in [0.05, 0.1) is 5.33 Å². The van der Waals surface area contributed by atoms with Crippen LogP contribution in [0.1, 0.15) is 6.42 Å². The van der Waals surface area contributed by atoms with Crippen LogP contribution < -0.4 is 5.32 Å². The van der Waals surface area contributed by atoms with Crippen LogP contribution in [0.3, 0.4) is 0 Å². The molecule has 0 bridgehead atoms. The maximum atomic E-state index is 10.7. The molecule has 0 unspecified atom stereocenters. The van der Waals surface area contributed by atoms with Gasteiger partial charge >= 0.3 is 0 Å². The quantitative estimate of drug-likeness (QED) is 0.542. The third-order valence-electron chi connectivity index (χ3n) is 1.23. The van der Waals surface area contributed by atoms with Crippen LogP contribution >= 0.6 is 15.9 Å². The predicted molar refractivity (Wildman–Crippen MR) is 50.0 cm³/mol. The zero-order valence-electron chi connectivity index (χ0n) is 7.06. The first-order chi connectivity index (χ1) is 5.16. The average molecular weight is 223 g/mol. The maximum Gasteiger partial charge on any atom is 0.230 e. The van der Waals surface area contributed by atoms with E-state index in [0.717, 1.165) is 19.5 Å². The number of alkyl halides is 1. The molecule has 0 aliphatic rings. The van der Waals surface area contributed by atoms with Gasteiger partial charge in [0.2, 0.25) is 5.91 Å². The van der Waals surface area contributed by atoms with Crippen LogP contribution in [0.2, 0.25) is 0 Å². The summed E-state index contributed by atoms with van der Waals surface area (Å²) in [7, 11) is 4.04. The van der Waals surface area contributed by atoms with Crippen LogP contribution in [0.25, 0.3) is 0 Å². The number of halogens is 1. The number of carbonyl (C=O) groups is 1. The van der Waals surface area contributed by atoms with Gasteiger partial charge in [-0.15, -0.1) is 0 Å². The van der Waals surface area contributed by atoms with Crippen molar-refractivity contribution < 1.29 is 4.79 Å². The number of hydrogen-bond donors (Lipinski definition) is 1. The summed E-state index contributed by atoms with van der Waals surface area (Å²) in [5.41, 5.74) is 0. The highest BCUT2D eigenvalue weighted by Gasteiger charge is 1.95. The van der Waals surface area contributed by atoms with Crippen molar-refractivity contribution in [3.8, 4) is 0 Å². The van der Waals surface area contributed by atoms with Crippen molar-refractivity contribution in [2.24, 2.45) is 0 Å². The van der Waals surface area contributed by atoms with E-state index in [1.54, 1.807) is 0 Å². The van der Waals surface area contributed by atoms with Crippen LogP contribution in [0, 0.1) is 0 Å². The van der Waals surface area contributed by atoms with E-state index in [1.165, 1.54) is 0 Å². The van der Waals surface area contributed by atoms with Crippen molar-refractivity contribution in [1.82, 2.24) is 10.2 Å². The van der Waals surface area contributed by atoms with E-state index in [-0.39, 0.29) is 5.91 Å². The Bertz CT molecular complexity index is 117. The summed E-state index contributed by atoms with van der Waals surface area (Å²) in [5.74, 6) is 0.0590. The van der Waals surface area contributed by atoms with E-state index in [2.05, 4.69) is 26.1 Å². The average Bonchev–Trinajstić information content (AvgIpc) is 1.97. The fraction of sp³-hybridized carbons (Fsp3) is 0.857. The number of carbonyl (C=O) groups excluding carboxylic acids is 1. The number of hydrogen-bond acceptors (Lipinski definition) is 2. The van der Waals surface area contributed by atoms with Gasteiger partial charge in [0.25, 0.3) is 0 Å². The lowest BCUT2D eigenvalue weighted by Crippen LogP contribution is -2.27. The van der Waals surface area contributed by atoms with E-state index >= 15 is 0 Å². The molecule has 11 heavy (non-hydrogen) atoms. The minimum Gasteiger partial charge on any atom is -0.355 e. The van der Waals surface area contributed by atoms with Gasteiger partial charge in [-0.2, -0.15) is 0 Å². The van der Waals surface area contributed by atoms with E-state index in [4.69, 9.17) is 0 Å². The molecule has 66 valence electrons. The van der Waals surface area contributed by atoms with Gasteiger partial charge < -0.3 is 10.2 Å². The molecular formula is C7H15BrN2O. The van der Waals surface area contributed by atoms with Crippen molar-refractivity contribution in [1.29, 1.82) is 0 Å². The lowest BCUT2D eigenvalue weighted by molar-refractivity contribution is -0.118. The standard InChI is InChI=1S/C7H15BrN2O/c1-10(2)5-3-4-9-7(11)6-8/h3-6H2,1-2H3,(H,9,11). The molecule has 0 heterocycles. The molecule has 1 amide bonds. The molecule has 1 N–H and O–H groups in total. The largest absolute Gasteiger partial charge is 0.355 e. The molecule has 0 rings (SSSR count). The van der Waals surface area contributed by atoms with Crippen LogP contribution in [0.4, 0.5) is 0 Å². The van der Waals surface area contributed by atoms with Crippen molar-refractivity contribution in [3.63, 3.8) is 0 Å². The minimum atomic E-state index is 0.0590. The fourth-order valence-corrected chi connectivity index (χ4v) is 0.869. The molecule has 0 radical (unpaired) electrons. The smallest absolute Gasteiger partial charge is 0.230 e. The molecule has 0 aromatic rings. The maximum absolute atomic E-state index is 10.7. The third-order valence-corrected chi connectivity index (χ3v) is 1.73. The molecule has 0 fully saturated rings. The molecule has 4 heteroatoms. The van der Waals surface area contributed by atoms with Crippen LogP contribution in [0.5, 0.6) is 0 Å². The first-order valence-electron chi connectivity index (χ1n) is 3.64. The number of nitrogens with zero attached hydrogens (tertiary/aromatic N) is 1. The molecular weight excluding hydrogens is 208 g/mol. The molecule has 0 spiro atoms. The summed E-state index contributed by atoms with van der Waals surface area (Å²) < 4.78 is 0. The van der Waals surface area contributed by atoms with Gasteiger partial charge in [-0.3, -0.25) is 4.79 Å². The Morgan fingerprint density at radius 3 is 2.64 bits per heavy atom. The lowest BCUT2D eigenvalue weighted by Gasteiger charge is -2.08. The number of amides is 1. The van der Waals surface area contributed by atoms with Crippen LogP contribution in [0.15, 0.2) is 0 Å². The Morgan fingerprint density at radius 1 is 1.55 bits per heavy atom. The Hall–Kier alpha value is -0.0900. The first-order valence-corrected chi connectivity index (χ1v) is 4.76. The molecule has 0 atom stereocenters. The minimum absolute atomic E-state index is 0.0590. The summed E-state index contributed by atoms with van der Waals surface area (Å²) in [6.45, 7) is 1.78. The molecule has 0 saturated heterocycles. The second kappa shape index (κ2) is 6.61. The summed E-state index contributed by atoms with van der Waals surface area (Å²) in [6, 6.07) is 0. The highest BCUT2D eigenvalue weighted by atomic mass is 79.9. The topological polar surface area (TPSA) is 32.3 Å². The Kier molecular flexibility index (Phi) is 6.56. The zero-order chi connectivity index (χ0) is 8.69. The van der Waals surface area contributed by atoms with E-state index in [0.29, 0.717) is 5.33 Å². The predicted octanol–water partition coefficient (Wildman–Crippen LogP) is 0.449. The van der Waals surface area contributed by atoms with Gasteiger partial charge in [0.15, 0.2) is 0 Å². The molecule has 0 aliphatic carbocycles. The second-order valence-electron chi connectivity index (χ2n) is 2.64. The Morgan fingerprint density at radius 2 is 2.18 bits per heavy atom. The van der Waals surface area contributed by atoms with Crippen molar-refractivity contribution >= 4 is 21.8 Å². The summed E-state index contributed by atoms with van der Waals surface area (Å²) in [5, 5.41) is 3.17. The molecule has 0 aliphatic heterocycles. The van der Waals surface area contributed by atoms with Gasteiger partial charge in [-0.05, 0) is 27.1 Å². The summed E-state index contributed by atoms with van der Waals surface area (Å²) in [6.07, 6.45) is 1.01. The molecule has 0 saturated carbocycles. The monoisotopic (exact) mass is 222 g/mol. The van der Waals surface area contributed by atoms with Crippen LogP contribution in [-0.4, -0.2) is 43.3 Å². The van der Waals surface area contributed by atoms with Gasteiger partial charge in [0, 0.05) is 6.54 Å². The number of rotatable bonds is 5. The summed E-state index contributed by atoms with van der Waals surface area (Å²) >= 11 is 3.07. The van der Waals surface area contributed by atoms with Gasteiger partial charge in [-0.25, -0.2) is 0 Å². The van der Waals surface area contributed by atoms with Crippen LogP contribution in [-0.2, 0) is 4.79 Å². The normalized spacial score (nSPS) is 10.2. The van der Waals surface area contributed by atoms with Crippen molar-refractivity contribution in [2.75, 3.05) is 32.5 Å². The second-order valence-corrected chi connectivity index (χ2v) is 3.20. The molecule has 0 aromatic carbocycles. The third kappa shape index (κ3) is 7.81.